The van der Waals surface area contributed by atoms with E-state index in [1.165, 1.54) is 19.3 Å². The van der Waals surface area contributed by atoms with Gasteiger partial charge in [-0.2, -0.15) is 0 Å². The molecule has 1 aliphatic rings. The first-order chi connectivity index (χ1) is 8.77. The molecule has 0 spiro atoms. The molecule has 0 radical (unpaired) electrons. The average molecular weight is 243 g/mol. The second-order valence-corrected chi connectivity index (χ2v) is 5.06. The summed E-state index contributed by atoms with van der Waals surface area (Å²) in [4.78, 5) is 4.14. The summed E-state index contributed by atoms with van der Waals surface area (Å²) in [6.45, 7) is 2.27. The normalized spacial score (nSPS) is 23.4. The molecule has 0 amide bonds. The number of rotatable bonds is 2. The van der Waals surface area contributed by atoms with Crippen LogP contribution in [0, 0.1) is 5.92 Å². The van der Waals surface area contributed by atoms with Crippen LogP contribution in [-0.4, -0.2) is 10.1 Å². The Kier molecular flexibility index (Phi) is 2.78. The molecule has 1 fully saturated rings. The Morgan fingerprint density at radius 2 is 2.28 bits per heavy atom. The first-order valence-electron chi connectivity index (χ1n) is 6.43. The van der Waals surface area contributed by atoms with Gasteiger partial charge >= 0.3 is 0 Å². The van der Waals surface area contributed by atoms with Gasteiger partial charge in [-0.25, -0.2) is 0 Å². The first kappa shape index (κ1) is 11.3. The van der Waals surface area contributed by atoms with Gasteiger partial charge in [0, 0.05) is 23.9 Å². The minimum absolute atomic E-state index is 0.400. The number of nitrogen functional groups attached to an aromatic ring is 1. The molecule has 1 saturated carbocycles. The summed E-state index contributed by atoms with van der Waals surface area (Å²) >= 11 is 0. The van der Waals surface area contributed by atoms with Gasteiger partial charge < -0.3 is 10.3 Å². The summed E-state index contributed by atoms with van der Waals surface area (Å²) in [5.74, 6) is 1.50. The van der Waals surface area contributed by atoms with E-state index in [9.17, 15) is 0 Å². The summed E-state index contributed by atoms with van der Waals surface area (Å²) in [6.07, 6.45) is 7.24. The van der Waals surface area contributed by atoms with E-state index in [-0.39, 0.29) is 0 Å². The lowest BCUT2D eigenvalue weighted by Crippen LogP contribution is -2.04. The van der Waals surface area contributed by atoms with Crippen LogP contribution < -0.4 is 5.73 Å². The molecule has 4 nitrogen and oxygen atoms in total. The summed E-state index contributed by atoms with van der Waals surface area (Å²) in [7, 11) is 0. The molecule has 2 unspecified atom stereocenters. The second kappa shape index (κ2) is 4.44. The van der Waals surface area contributed by atoms with E-state index >= 15 is 0 Å². The highest BCUT2D eigenvalue weighted by atomic mass is 16.5. The predicted molar refractivity (Wildman–Crippen MR) is 69.9 cm³/mol. The van der Waals surface area contributed by atoms with Crippen LogP contribution in [0.2, 0.25) is 0 Å². The van der Waals surface area contributed by atoms with E-state index in [1.807, 2.05) is 18.3 Å². The molecule has 18 heavy (non-hydrogen) atoms. The summed E-state index contributed by atoms with van der Waals surface area (Å²) < 4.78 is 5.21. The van der Waals surface area contributed by atoms with Gasteiger partial charge in [0.05, 0.1) is 11.3 Å². The van der Waals surface area contributed by atoms with Gasteiger partial charge in [0.15, 0.2) is 0 Å². The number of nitrogens with two attached hydrogens (primary N) is 1. The fourth-order valence-electron chi connectivity index (χ4n) is 2.92. The van der Waals surface area contributed by atoms with Crippen LogP contribution in [0.25, 0.3) is 11.1 Å². The van der Waals surface area contributed by atoms with Crippen LogP contribution in [0.3, 0.4) is 0 Å². The van der Waals surface area contributed by atoms with Crippen molar-refractivity contribution in [2.45, 2.75) is 32.1 Å². The third-order valence-electron chi connectivity index (χ3n) is 3.91. The van der Waals surface area contributed by atoms with Gasteiger partial charge in [-0.1, -0.05) is 31.0 Å². The third kappa shape index (κ3) is 1.78. The molecule has 0 aliphatic heterocycles. The van der Waals surface area contributed by atoms with Gasteiger partial charge in [-0.05, 0) is 18.4 Å². The highest BCUT2D eigenvalue weighted by molar-refractivity contribution is 5.74. The molecular formula is C14H17N3O. The SMILES string of the molecule is CC1CCCC1c1noc(N)c1-c1cccnc1. The zero-order valence-electron chi connectivity index (χ0n) is 10.5. The van der Waals surface area contributed by atoms with E-state index < -0.39 is 0 Å². The number of hydrogen-bond donors (Lipinski definition) is 1. The lowest BCUT2D eigenvalue weighted by Gasteiger charge is -2.13. The molecule has 2 N–H and O–H groups in total. The van der Waals surface area contributed by atoms with Crippen molar-refractivity contribution in [2.24, 2.45) is 5.92 Å². The fraction of sp³-hybridized carbons (Fsp3) is 0.429. The lowest BCUT2D eigenvalue weighted by molar-refractivity contribution is 0.407. The van der Waals surface area contributed by atoms with Gasteiger partial charge in [-0.15, -0.1) is 0 Å². The molecule has 2 heterocycles. The van der Waals surface area contributed by atoms with Crippen LogP contribution in [0.15, 0.2) is 29.0 Å². The van der Waals surface area contributed by atoms with E-state index in [0.29, 0.717) is 17.7 Å². The zero-order chi connectivity index (χ0) is 12.5. The fourth-order valence-corrected chi connectivity index (χ4v) is 2.92. The molecule has 1 aliphatic carbocycles. The van der Waals surface area contributed by atoms with Gasteiger partial charge in [0.2, 0.25) is 5.88 Å². The Balaban J connectivity index is 2.07. The number of nitrogens with zero attached hydrogens (tertiary/aromatic N) is 2. The van der Waals surface area contributed by atoms with Crippen LogP contribution in [0.5, 0.6) is 0 Å². The Bertz CT molecular complexity index is 535. The van der Waals surface area contributed by atoms with Crippen molar-refractivity contribution in [3.8, 4) is 11.1 Å². The van der Waals surface area contributed by atoms with E-state index in [4.69, 9.17) is 10.3 Å². The maximum Gasteiger partial charge on any atom is 0.230 e. The zero-order valence-corrected chi connectivity index (χ0v) is 10.5. The molecular weight excluding hydrogens is 226 g/mol. The van der Waals surface area contributed by atoms with Crippen LogP contribution in [-0.2, 0) is 0 Å². The van der Waals surface area contributed by atoms with Crippen molar-refractivity contribution < 1.29 is 4.52 Å². The molecule has 3 rings (SSSR count). The van der Waals surface area contributed by atoms with Gasteiger partial charge in [-0.3, -0.25) is 4.98 Å². The van der Waals surface area contributed by atoms with E-state index in [2.05, 4.69) is 17.1 Å². The average Bonchev–Trinajstić information content (AvgIpc) is 2.96. The van der Waals surface area contributed by atoms with Crippen molar-refractivity contribution >= 4 is 5.88 Å². The van der Waals surface area contributed by atoms with Crippen LogP contribution in [0.1, 0.15) is 37.8 Å². The van der Waals surface area contributed by atoms with E-state index in [1.54, 1.807) is 6.20 Å². The molecule has 2 atom stereocenters. The van der Waals surface area contributed by atoms with Crippen LogP contribution >= 0.6 is 0 Å². The van der Waals surface area contributed by atoms with Crippen molar-refractivity contribution in [3.63, 3.8) is 0 Å². The number of pyridine rings is 1. The predicted octanol–water partition coefficient (Wildman–Crippen LogP) is 3.22. The number of aromatic nitrogens is 2. The third-order valence-corrected chi connectivity index (χ3v) is 3.91. The largest absolute Gasteiger partial charge is 0.367 e. The minimum atomic E-state index is 0.400. The molecule has 0 saturated heterocycles. The summed E-state index contributed by atoms with van der Waals surface area (Å²) in [5.41, 5.74) is 8.86. The Labute approximate surface area is 106 Å². The summed E-state index contributed by atoms with van der Waals surface area (Å²) in [5, 5.41) is 4.20. The van der Waals surface area contributed by atoms with Crippen molar-refractivity contribution in [1.82, 2.24) is 10.1 Å². The van der Waals surface area contributed by atoms with E-state index in [0.717, 1.165) is 16.8 Å². The smallest absolute Gasteiger partial charge is 0.230 e. The van der Waals surface area contributed by atoms with Crippen LogP contribution in [0.4, 0.5) is 5.88 Å². The number of anilines is 1. The number of hydrogen-bond acceptors (Lipinski definition) is 4. The standard InChI is InChI=1S/C14H17N3O/c1-9-4-2-6-11(9)13-12(14(15)18-17-13)10-5-3-7-16-8-10/h3,5,7-9,11H,2,4,6,15H2,1H3. The monoisotopic (exact) mass is 243 g/mol. The highest BCUT2D eigenvalue weighted by Gasteiger charge is 2.31. The molecule has 94 valence electrons. The minimum Gasteiger partial charge on any atom is -0.367 e. The van der Waals surface area contributed by atoms with Gasteiger partial charge in [0.1, 0.15) is 0 Å². The Morgan fingerprint density at radius 3 is 2.94 bits per heavy atom. The maximum atomic E-state index is 5.93. The molecule has 0 aromatic carbocycles. The van der Waals surface area contributed by atoms with Crippen molar-refractivity contribution in [2.75, 3.05) is 5.73 Å². The second-order valence-electron chi connectivity index (χ2n) is 5.06. The quantitative estimate of drug-likeness (QED) is 0.879. The Morgan fingerprint density at radius 1 is 1.39 bits per heavy atom. The molecule has 4 heteroatoms. The lowest BCUT2D eigenvalue weighted by atomic mass is 9.90. The Hall–Kier alpha value is -1.84. The first-order valence-corrected chi connectivity index (χ1v) is 6.43. The molecule has 0 bridgehead atoms. The molecule has 2 aromatic heterocycles. The topological polar surface area (TPSA) is 64.9 Å². The van der Waals surface area contributed by atoms with Gasteiger partial charge in [0.25, 0.3) is 0 Å². The van der Waals surface area contributed by atoms with Crippen molar-refractivity contribution in [1.29, 1.82) is 0 Å². The maximum absolute atomic E-state index is 5.93. The summed E-state index contributed by atoms with van der Waals surface area (Å²) in [6, 6.07) is 3.91. The highest BCUT2D eigenvalue weighted by Crippen LogP contribution is 2.44. The molecule has 2 aromatic rings. The van der Waals surface area contributed by atoms with Crippen molar-refractivity contribution in [3.05, 3.63) is 30.2 Å².